The van der Waals surface area contributed by atoms with E-state index in [9.17, 15) is 19.2 Å². The highest BCUT2D eigenvalue weighted by atomic mass is 35.5. The standard InChI is InChI=1S/C16H14ClN3O5/c1-9(21)20-16(7-12(18-20)14(23)25-2)8-13(22)19(15(16)24)11-5-3-10(17)4-6-11/h3-7,18H,8H2,1-2H3/t16-/m1/s1. The molecule has 1 spiro atoms. The number of halogens is 1. The minimum absolute atomic E-state index is 0.0724. The highest BCUT2D eigenvalue weighted by molar-refractivity contribution is 6.31. The first-order valence-electron chi connectivity index (χ1n) is 7.32. The van der Waals surface area contributed by atoms with Crippen molar-refractivity contribution in [3.63, 3.8) is 0 Å². The summed E-state index contributed by atoms with van der Waals surface area (Å²) in [6, 6.07) is 6.16. The number of rotatable bonds is 2. The predicted molar refractivity (Wildman–Crippen MR) is 87.0 cm³/mol. The Labute approximate surface area is 147 Å². The maximum Gasteiger partial charge on any atom is 0.355 e. The van der Waals surface area contributed by atoms with Gasteiger partial charge in [-0.1, -0.05) is 11.6 Å². The molecule has 0 saturated carbocycles. The zero-order chi connectivity index (χ0) is 18.4. The van der Waals surface area contributed by atoms with Crippen LogP contribution < -0.4 is 10.3 Å². The molecule has 1 fully saturated rings. The summed E-state index contributed by atoms with van der Waals surface area (Å²) in [5, 5.41) is 1.44. The summed E-state index contributed by atoms with van der Waals surface area (Å²) in [7, 11) is 1.18. The second-order valence-corrected chi connectivity index (χ2v) is 6.06. The molecule has 0 unspecified atom stereocenters. The Kier molecular flexibility index (Phi) is 4.00. The van der Waals surface area contributed by atoms with Crippen molar-refractivity contribution in [3.8, 4) is 0 Å². The Balaban J connectivity index is 2.05. The van der Waals surface area contributed by atoms with E-state index in [1.165, 1.54) is 32.2 Å². The number of nitrogens with zero attached hydrogens (tertiary/aromatic N) is 2. The third kappa shape index (κ3) is 2.54. The fourth-order valence-corrected chi connectivity index (χ4v) is 3.09. The van der Waals surface area contributed by atoms with Crippen LogP contribution in [-0.2, 0) is 23.9 Å². The molecule has 0 aromatic heterocycles. The molecule has 1 N–H and O–H groups in total. The van der Waals surface area contributed by atoms with Crippen molar-refractivity contribution in [2.45, 2.75) is 18.9 Å². The van der Waals surface area contributed by atoms with Gasteiger partial charge < -0.3 is 4.74 Å². The molecule has 9 heteroatoms. The number of carbonyl (C=O) groups is 4. The van der Waals surface area contributed by atoms with Crippen LogP contribution in [0.25, 0.3) is 0 Å². The summed E-state index contributed by atoms with van der Waals surface area (Å²) in [4.78, 5) is 50.3. The zero-order valence-corrected chi connectivity index (χ0v) is 14.2. The molecular weight excluding hydrogens is 350 g/mol. The van der Waals surface area contributed by atoms with Gasteiger partial charge in [0.2, 0.25) is 11.8 Å². The fraction of sp³-hybridized carbons (Fsp3) is 0.250. The number of amides is 3. The van der Waals surface area contributed by atoms with Crippen LogP contribution in [0.4, 0.5) is 5.69 Å². The van der Waals surface area contributed by atoms with Gasteiger partial charge in [0.1, 0.15) is 5.70 Å². The van der Waals surface area contributed by atoms with Gasteiger partial charge in [0.05, 0.1) is 19.2 Å². The number of ether oxygens (including phenoxy) is 1. The number of hydrazine groups is 1. The van der Waals surface area contributed by atoms with Crippen LogP contribution in [0.3, 0.4) is 0 Å². The lowest BCUT2D eigenvalue weighted by Gasteiger charge is -2.30. The lowest BCUT2D eigenvalue weighted by atomic mass is 9.96. The van der Waals surface area contributed by atoms with Gasteiger partial charge in [0.25, 0.3) is 5.91 Å². The van der Waals surface area contributed by atoms with Gasteiger partial charge >= 0.3 is 5.97 Å². The second kappa shape index (κ2) is 5.89. The molecule has 1 aromatic carbocycles. The van der Waals surface area contributed by atoms with Gasteiger partial charge in [-0.15, -0.1) is 0 Å². The number of nitrogens with one attached hydrogen (secondary N) is 1. The van der Waals surface area contributed by atoms with Crippen LogP contribution in [0.15, 0.2) is 36.0 Å². The van der Waals surface area contributed by atoms with Crippen molar-refractivity contribution in [1.29, 1.82) is 0 Å². The monoisotopic (exact) mass is 363 g/mol. The Morgan fingerprint density at radius 1 is 1.24 bits per heavy atom. The molecule has 2 heterocycles. The molecule has 8 nitrogen and oxygen atoms in total. The number of benzene rings is 1. The van der Waals surface area contributed by atoms with Gasteiger partial charge in [-0.3, -0.25) is 19.8 Å². The fourth-order valence-electron chi connectivity index (χ4n) is 2.96. The second-order valence-electron chi connectivity index (χ2n) is 5.63. The molecule has 3 amide bonds. The molecule has 2 aliphatic rings. The molecular formula is C16H14ClN3O5. The van der Waals surface area contributed by atoms with Crippen molar-refractivity contribution >= 4 is 41.0 Å². The topological polar surface area (TPSA) is 96.0 Å². The van der Waals surface area contributed by atoms with E-state index in [4.69, 9.17) is 11.6 Å². The molecule has 2 aliphatic heterocycles. The van der Waals surface area contributed by atoms with E-state index in [0.29, 0.717) is 10.7 Å². The highest BCUT2D eigenvalue weighted by Gasteiger charge is 2.59. The SMILES string of the molecule is COC(=O)C1=C[C@]2(CC(=O)N(c3ccc(Cl)cc3)C2=O)N(C(C)=O)N1. The number of hydrogen-bond donors (Lipinski definition) is 1. The maximum atomic E-state index is 13.0. The number of hydrogen-bond acceptors (Lipinski definition) is 6. The molecule has 0 radical (unpaired) electrons. The van der Waals surface area contributed by atoms with Crippen molar-refractivity contribution in [2.75, 3.05) is 12.0 Å². The lowest BCUT2D eigenvalue weighted by Crippen LogP contribution is -2.56. The molecule has 0 bridgehead atoms. The zero-order valence-electron chi connectivity index (χ0n) is 13.4. The van der Waals surface area contributed by atoms with E-state index >= 15 is 0 Å². The van der Waals surface area contributed by atoms with E-state index < -0.39 is 29.2 Å². The molecule has 25 heavy (non-hydrogen) atoms. The minimum Gasteiger partial charge on any atom is -0.464 e. The first kappa shape index (κ1) is 17.0. The minimum atomic E-state index is -1.61. The smallest absolute Gasteiger partial charge is 0.355 e. The van der Waals surface area contributed by atoms with Gasteiger partial charge in [0.15, 0.2) is 5.54 Å². The van der Waals surface area contributed by atoms with E-state index in [2.05, 4.69) is 10.2 Å². The number of methoxy groups -OCH3 is 1. The first-order chi connectivity index (χ1) is 11.8. The van der Waals surface area contributed by atoms with Crippen LogP contribution in [0.5, 0.6) is 0 Å². The summed E-state index contributed by atoms with van der Waals surface area (Å²) in [5.41, 5.74) is 1.21. The molecule has 0 aliphatic carbocycles. The summed E-state index contributed by atoms with van der Waals surface area (Å²) in [6.07, 6.45) is 0.970. The molecule has 1 aromatic rings. The van der Waals surface area contributed by atoms with Crippen molar-refractivity contribution in [2.24, 2.45) is 0 Å². The van der Waals surface area contributed by atoms with Gasteiger partial charge in [-0.25, -0.2) is 14.7 Å². The Bertz CT molecular complexity index is 820. The summed E-state index contributed by atoms with van der Waals surface area (Å²) in [5.74, 6) is -2.40. The number of esters is 1. The quantitative estimate of drug-likeness (QED) is 0.615. The number of anilines is 1. The average Bonchev–Trinajstić information content (AvgIpc) is 3.07. The molecule has 3 rings (SSSR count). The van der Waals surface area contributed by atoms with E-state index in [1.54, 1.807) is 12.1 Å². The summed E-state index contributed by atoms with van der Waals surface area (Å²) >= 11 is 5.83. The van der Waals surface area contributed by atoms with E-state index in [0.717, 1.165) is 9.91 Å². The maximum absolute atomic E-state index is 13.0. The highest BCUT2D eigenvalue weighted by Crippen LogP contribution is 2.38. The van der Waals surface area contributed by atoms with Crippen molar-refractivity contribution < 1.29 is 23.9 Å². The van der Waals surface area contributed by atoms with Crippen LogP contribution in [-0.4, -0.2) is 41.3 Å². The largest absolute Gasteiger partial charge is 0.464 e. The van der Waals surface area contributed by atoms with E-state index in [1.807, 2.05) is 0 Å². The molecule has 130 valence electrons. The number of imide groups is 1. The van der Waals surface area contributed by atoms with Gasteiger partial charge in [-0.2, -0.15) is 0 Å². The predicted octanol–water partition coefficient (Wildman–Crippen LogP) is 0.766. The summed E-state index contributed by atoms with van der Waals surface area (Å²) in [6.45, 7) is 1.23. The third-order valence-electron chi connectivity index (χ3n) is 4.06. The van der Waals surface area contributed by atoms with Gasteiger partial charge in [-0.05, 0) is 30.3 Å². The van der Waals surface area contributed by atoms with E-state index in [-0.39, 0.29) is 12.1 Å². The van der Waals surface area contributed by atoms with Crippen LogP contribution in [0, 0.1) is 0 Å². The van der Waals surface area contributed by atoms with Crippen LogP contribution in [0.1, 0.15) is 13.3 Å². The Morgan fingerprint density at radius 2 is 1.88 bits per heavy atom. The average molecular weight is 364 g/mol. The third-order valence-corrected chi connectivity index (χ3v) is 4.31. The Morgan fingerprint density at radius 3 is 2.44 bits per heavy atom. The van der Waals surface area contributed by atoms with Crippen molar-refractivity contribution in [3.05, 3.63) is 41.1 Å². The Hall–Kier alpha value is -2.87. The first-order valence-corrected chi connectivity index (χ1v) is 7.69. The molecule has 1 atom stereocenters. The normalized spacial score (nSPS) is 22.3. The lowest BCUT2D eigenvalue weighted by molar-refractivity contribution is -0.143. The van der Waals surface area contributed by atoms with Gasteiger partial charge in [0, 0.05) is 11.9 Å². The van der Waals surface area contributed by atoms with Crippen LogP contribution >= 0.6 is 11.6 Å². The summed E-state index contributed by atoms with van der Waals surface area (Å²) < 4.78 is 4.62. The number of carbonyl (C=O) groups excluding carboxylic acids is 4. The molecule has 1 saturated heterocycles. The van der Waals surface area contributed by atoms with Crippen molar-refractivity contribution in [1.82, 2.24) is 10.4 Å². The van der Waals surface area contributed by atoms with Crippen LogP contribution in [0.2, 0.25) is 5.02 Å².